The summed E-state index contributed by atoms with van der Waals surface area (Å²) in [5.41, 5.74) is 1.63. The molecule has 0 radical (unpaired) electrons. The lowest BCUT2D eigenvalue weighted by Gasteiger charge is -2.28. The number of hydrogen-bond acceptors (Lipinski definition) is 2. The minimum atomic E-state index is -0.512. The highest BCUT2D eigenvalue weighted by atomic mass is 16.2. The molecule has 0 saturated heterocycles. The number of hydrogen-bond donors (Lipinski definition) is 2. The fraction of sp³-hybridized carbons (Fsp3) is 0.391. The molecule has 3 rings (SSSR count). The van der Waals surface area contributed by atoms with Gasteiger partial charge in [-0.15, -0.1) is 0 Å². The minimum absolute atomic E-state index is 0.0185. The molecule has 2 amide bonds. The molecule has 0 spiro atoms. The maximum absolute atomic E-state index is 13.3. The van der Waals surface area contributed by atoms with Crippen LogP contribution < -0.4 is 10.6 Å². The first-order chi connectivity index (χ1) is 13.1. The van der Waals surface area contributed by atoms with Crippen LogP contribution in [0.3, 0.4) is 0 Å². The molecule has 0 unspecified atom stereocenters. The topological polar surface area (TPSA) is 58.2 Å². The summed E-state index contributed by atoms with van der Waals surface area (Å²) >= 11 is 0. The summed E-state index contributed by atoms with van der Waals surface area (Å²) in [5, 5.41) is 6.04. The smallest absolute Gasteiger partial charge is 0.253 e. The lowest BCUT2D eigenvalue weighted by Crippen LogP contribution is -2.39. The van der Waals surface area contributed by atoms with Crippen molar-refractivity contribution in [2.45, 2.75) is 57.4 Å². The molecular weight excluding hydrogens is 336 g/mol. The average Bonchev–Trinajstić information content (AvgIpc) is 3.20. The van der Waals surface area contributed by atoms with E-state index in [1.165, 1.54) is 0 Å². The van der Waals surface area contributed by atoms with Crippen LogP contribution in [-0.2, 0) is 10.2 Å². The highest BCUT2D eigenvalue weighted by Gasteiger charge is 2.42. The summed E-state index contributed by atoms with van der Waals surface area (Å²) in [7, 11) is 0. The summed E-state index contributed by atoms with van der Waals surface area (Å²) < 4.78 is 0. The van der Waals surface area contributed by atoms with Gasteiger partial charge >= 0.3 is 0 Å². The highest BCUT2D eigenvalue weighted by Crippen LogP contribution is 2.42. The summed E-state index contributed by atoms with van der Waals surface area (Å²) in [6, 6.07) is 17.3. The summed E-state index contributed by atoms with van der Waals surface area (Å²) in [6.07, 6.45) is 4.61. The van der Waals surface area contributed by atoms with Crippen molar-refractivity contribution in [3.63, 3.8) is 0 Å². The number of para-hydroxylation sites is 1. The molecule has 1 aliphatic rings. The Morgan fingerprint density at radius 1 is 1.00 bits per heavy atom. The van der Waals surface area contributed by atoms with Gasteiger partial charge in [0.2, 0.25) is 5.91 Å². The van der Waals surface area contributed by atoms with Gasteiger partial charge < -0.3 is 10.6 Å². The molecular formula is C23H28N2O2. The second-order valence-electron chi connectivity index (χ2n) is 7.44. The molecule has 0 aromatic heterocycles. The summed E-state index contributed by atoms with van der Waals surface area (Å²) in [6.45, 7) is 4.00. The van der Waals surface area contributed by atoms with Gasteiger partial charge in [-0.05, 0) is 43.9 Å². The van der Waals surface area contributed by atoms with Crippen LogP contribution in [0.1, 0.15) is 61.9 Å². The number of amides is 2. The second kappa shape index (κ2) is 8.38. The Labute approximate surface area is 161 Å². The number of rotatable bonds is 6. The van der Waals surface area contributed by atoms with Gasteiger partial charge in [0.25, 0.3) is 5.91 Å². The lowest BCUT2D eigenvalue weighted by molar-refractivity contribution is -0.121. The Hall–Kier alpha value is -2.62. The van der Waals surface area contributed by atoms with E-state index in [9.17, 15) is 9.59 Å². The Bertz CT molecular complexity index is 795. The van der Waals surface area contributed by atoms with Gasteiger partial charge in [-0.25, -0.2) is 0 Å². The Morgan fingerprint density at radius 2 is 1.63 bits per heavy atom. The zero-order valence-electron chi connectivity index (χ0n) is 16.1. The van der Waals surface area contributed by atoms with E-state index >= 15 is 0 Å². The fourth-order valence-electron chi connectivity index (χ4n) is 3.82. The molecule has 0 bridgehead atoms. The van der Waals surface area contributed by atoms with Crippen LogP contribution in [0.5, 0.6) is 0 Å². The van der Waals surface area contributed by atoms with Crippen LogP contribution in [0.2, 0.25) is 0 Å². The number of carbonyl (C=O) groups is 2. The minimum Gasteiger partial charge on any atom is -0.350 e. The third kappa shape index (κ3) is 4.05. The van der Waals surface area contributed by atoms with Gasteiger partial charge in [-0.2, -0.15) is 0 Å². The van der Waals surface area contributed by atoms with Crippen molar-refractivity contribution in [1.82, 2.24) is 5.32 Å². The van der Waals surface area contributed by atoms with Crippen molar-refractivity contribution in [2.24, 2.45) is 0 Å². The molecule has 142 valence electrons. The van der Waals surface area contributed by atoms with E-state index in [4.69, 9.17) is 0 Å². The molecule has 1 aliphatic carbocycles. The zero-order valence-corrected chi connectivity index (χ0v) is 16.1. The Kier molecular flexibility index (Phi) is 5.94. The van der Waals surface area contributed by atoms with Crippen molar-refractivity contribution < 1.29 is 9.59 Å². The van der Waals surface area contributed by atoms with Crippen molar-refractivity contribution >= 4 is 17.5 Å². The Balaban J connectivity index is 1.86. The molecule has 1 fully saturated rings. The van der Waals surface area contributed by atoms with Gasteiger partial charge in [-0.3, -0.25) is 9.59 Å². The number of carbonyl (C=O) groups excluding carboxylic acids is 2. The van der Waals surface area contributed by atoms with Gasteiger partial charge in [-0.1, -0.05) is 62.2 Å². The molecule has 0 aliphatic heterocycles. The third-order valence-corrected chi connectivity index (χ3v) is 5.63. The van der Waals surface area contributed by atoms with Crippen LogP contribution in [0.25, 0.3) is 0 Å². The van der Waals surface area contributed by atoms with Gasteiger partial charge in [0.15, 0.2) is 0 Å². The van der Waals surface area contributed by atoms with Crippen LogP contribution >= 0.6 is 0 Å². The normalized spacial score (nSPS) is 16.5. The monoisotopic (exact) mass is 364 g/mol. The quantitative estimate of drug-likeness (QED) is 0.783. The van der Waals surface area contributed by atoms with E-state index in [1.54, 1.807) is 12.1 Å². The molecule has 1 saturated carbocycles. The molecule has 4 nitrogen and oxygen atoms in total. The highest BCUT2D eigenvalue weighted by molar-refractivity contribution is 6.06. The van der Waals surface area contributed by atoms with Crippen molar-refractivity contribution in [3.8, 4) is 0 Å². The van der Waals surface area contributed by atoms with E-state index in [0.717, 1.165) is 37.7 Å². The standard InChI is InChI=1S/C23H28N2O2/c1-3-17(2)24-21(26)19-13-7-8-14-20(19)25-22(27)23(15-9-10-16-23)18-11-5-4-6-12-18/h4-8,11-14,17H,3,9-10,15-16H2,1-2H3,(H,24,26)(H,25,27)/t17-/m0/s1. The van der Waals surface area contributed by atoms with Crippen molar-refractivity contribution in [3.05, 3.63) is 65.7 Å². The van der Waals surface area contributed by atoms with Crippen LogP contribution in [0.15, 0.2) is 54.6 Å². The van der Waals surface area contributed by atoms with E-state index in [2.05, 4.69) is 10.6 Å². The third-order valence-electron chi connectivity index (χ3n) is 5.63. The molecule has 2 aromatic carbocycles. The molecule has 27 heavy (non-hydrogen) atoms. The molecule has 2 aromatic rings. The summed E-state index contributed by atoms with van der Waals surface area (Å²) in [4.78, 5) is 26.0. The fourth-order valence-corrected chi connectivity index (χ4v) is 3.82. The number of anilines is 1. The lowest BCUT2D eigenvalue weighted by atomic mass is 9.78. The number of nitrogens with one attached hydrogen (secondary N) is 2. The molecule has 2 N–H and O–H groups in total. The largest absolute Gasteiger partial charge is 0.350 e. The predicted octanol–water partition coefficient (Wildman–Crippen LogP) is 4.67. The predicted molar refractivity (Wildman–Crippen MR) is 109 cm³/mol. The van der Waals surface area contributed by atoms with Gasteiger partial charge in [0.1, 0.15) is 0 Å². The van der Waals surface area contributed by atoms with Crippen LogP contribution in [0, 0.1) is 0 Å². The first-order valence-electron chi connectivity index (χ1n) is 9.83. The average molecular weight is 364 g/mol. The SMILES string of the molecule is CC[C@H](C)NC(=O)c1ccccc1NC(=O)C1(c2ccccc2)CCCC1. The van der Waals surface area contributed by atoms with Crippen LogP contribution in [0.4, 0.5) is 5.69 Å². The van der Waals surface area contributed by atoms with Gasteiger partial charge in [0.05, 0.1) is 16.7 Å². The first-order valence-corrected chi connectivity index (χ1v) is 9.83. The van der Waals surface area contributed by atoms with Crippen LogP contribution in [-0.4, -0.2) is 17.9 Å². The maximum Gasteiger partial charge on any atom is 0.253 e. The van der Waals surface area contributed by atoms with E-state index in [1.807, 2.05) is 56.3 Å². The van der Waals surface area contributed by atoms with Crippen molar-refractivity contribution in [1.29, 1.82) is 0 Å². The van der Waals surface area contributed by atoms with Gasteiger partial charge in [0, 0.05) is 6.04 Å². The summed E-state index contributed by atoms with van der Waals surface area (Å²) in [5.74, 6) is -0.171. The number of benzene rings is 2. The zero-order chi connectivity index (χ0) is 19.3. The van der Waals surface area contributed by atoms with Crippen molar-refractivity contribution in [2.75, 3.05) is 5.32 Å². The Morgan fingerprint density at radius 3 is 2.30 bits per heavy atom. The van der Waals surface area contributed by atoms with E-state index in [-0.39, 0.29) is 17.9 Å². The van der Waals surface area contributed by atoms with E-state index in [0.29, 0.717) is 11.3 Å². The molecule has 4 heteroatoms. The molecule has 1 atom stereocenters. The molecule has 0 heterocycles. The second-order valence-corrected chi connectivity index (χ2v) is 7.44. The van der Waals surface area contributed by atoms with E-state index < -0.39 is 5.41 Å². The first kappa shape index (κ1) is 19.2. The maximum atomic E-state index is 13.3.